The van der Waals surface area contributed by atoms with E-state index in [2.05, 4.69) is 15.2 Å². The number of piperazine rings is 1. The van der Waals surface area contributed by atoms with E-state index in [1.54, 1.807) is 41.9 Å². The molecule has 55 heavy (non-hydrogen) atoms. The Labute approximate surface area is 321 Å². The minimum Gasteiger partial charge on any atom is -0.507 e. The number of carbonyl (C=O) groups is 4. The van der Waals surface area contributed by atoms with Crippen LogP contribution in [0, 0.1) is 13.8 Å². The number of hydrogen-bond donors (Lipinski definition) is 2. The predicted octanol–water partition coefficient (Wildman–Crippen LogP) is 5.75. The van der Waals surface area contributed by atoms with Crippen LogP contribution in [-0.2, 0) is 27.1 Å². The zero-order valence-electron chi connectivity index (χ0n) is 31.4. The van der Waals surface area contributed by atoms with E-state index >= 15 is 0 Å². The number of likely N-dealkylation sites (tertiary alicyclic amines) is 1. The number of nitrogens with zero attached hydrogens (tertiary/aromatic N) is 5. The fraction of sp³-hybridized carbons (Fsp3) is 0.405. The largest absolute Gasteiger partial charge is 0.507 e. The summed E-state index contributed by atoms with van der Waals surface area (Å²) in [5, 5.41) is 13.4. The van der Waals surface area contributed by atoms with Gasteiger partial charge in [-0.05, 0) is 86.1 Å². The third-order valence-electron chi connectivity index (χ3n) is 10.9. The molecule has 4 heterocycles. The molecule has 0 radical (unpaired) electrons. The molecule has 3 aromatic rings. The lowest BCUT2D eigenvalue weighted by molar-refractivity contribution is -0.141. The van der Waals surface area contributed by atoms with Crippen LogP contribution < -0.4 is 10.2 Å². The van der Waals surface area contributed by atoms with Gasteiger partial charge in [-0.3, -0.25) is 4.79 Å². The number of pyridine rings is 1. The molecule has 7 rings (SSSR count). The first-order chi connectivity index (χ1) is 26.6. The van der Waals surface area contributed by atoms with Crippen molar-refractivity contribution in [1.29, 1.82) is 0 Å². The van der Waals surface area contributed by atoms with E-state index in [1.807, 2.05) is 53.5 Å². The number of rotatable bonds is 8. The average molecular weight is 749 g/mol. The van der Waals surface area contributed by atoms with Gasteiger partial charge < -0.3 is 39.5 Å². The number of para-hydroxylation sites is 1. The van der Waals surface area contributed by atoms with Gasteiger partial charge in [-0.2, -0.15) is 0 Å². The zero-order valence-corrected chi connectivity index (χ0v) is 31.4. The maximum Gasteiger partial charge on any atom is 0.410 e. The molecule has 4 amide bonds. The van der Waals surface area contributed by atoms with Crippen LogP contribution in [0.2, 0.25) is 0 Å². The number of carbonyl (C=O) groups excluding carboxylic acids is 4. The van der Waals surface area contributed by atoms with Crippen LogP contribution in [0.5, 0.6) is 5.75 Å². The molecule has 1 aromatic heterocycles. The maximum absolute atomic E-state index is 14.1. The molecular weight excluding hydrogens is 700 g/mol. The molecule has 2 fully saturated rings. The van der Waals surface area contributed by atoms with Crippen molar-refractivity contribution < 1.29 is 33.8 Å². The molecule has 4 aliphatic rings. The summed E-state index contributed by atoms with van der Waals surface area (Å²) >= 11 is 0. The van der Waals surface area contributed by atoms with Crippen LogP contribution in [0.25, 0.3) is 0 Å². The first-order valence-corrected chi connectivity index (χ1v) is 19.1. The highest BCUT2D eigenvalue weighted by molar-refractivity contribution is 5.91. The minimum absolute atomic E-state index is 0.0218. The summed E-state index contributed by atoms with van der Waals surface area (Å²) in [5.74, 6) is 0.780. The highest BCUT2D eigenvalue weighted by Gasteiger charge is 2.35. The van der Waals surface area contributed by atoms with Crippen LogP contribution >= 0.6 is 0 Å². The summed E-state index contributed by atoms with van der Waals surface area (Å²) in [5.41, 5.74) is 4.44. The Kier molecular flexibility index (Phi) is 11.4. The molecule has 1 aliphatic carbocycles. The number of amides is 4. The third-order valence-corrected chi connectivity index (χ3v) is 10.9. The molecule has 0 spiro atoms. The second-order valence-corrected chi connectivity index (χ2v) is 14.6. The number of urea groups is 1. The number of piperidine rings is 1. The second-order valence-electron chi connectivity index (χ2n) is 14.6. The van der Waals surface area contributed by atoms with E-state index in [9.17, 15) is 24.3 Å². The molecule has 13 nitrogen and oxygen atoms in total. The van der Waals surface area contributed by atoms with Crippen LogP contribution in [0.15, 0.2) is 78.7 Å². The normalized spacial score (nSPS) is 18.1. The zero-order chi connectivity index (χ0) is 38.5. The highest BCUT2D eigenvalue weighted by atomic mass is 16.6. The number of ether oxygens (including phenoxy) is 2. The molecule has 288 valence electrons. The minimum atomic E-state index is -1.08. The Morgan fingerprint density at radius 2 is 1.67 bits per heavy atom. The van der Waals surface area contributed by atoms with Gasteiger partial charge in [0, 0.05) is 76.6 Å². The molecule has 2 aromatic carbocycles. The van der Waals surface area contributed by atoms with Gasteiger partial charge in [0.25, 0.3) is 5.91 Å². The summed E-state index contributed by atoms with van der Waals surface area (Å²) in [6.07, 6.45) is 9.19. The molecule has 0 unspecified atom stereocenters. The fourth-order valence-electron chi connectivity index (χ4n) is 7.75. The number of anilines is 2. The van der Waals surface area contributed by atoms with E-state index < -0.39 is 18.2 Å². The van der Waals surface area contributed by atoms with Crippen molar-refractivity contribution in [2.45, 2.75) is 64.5 Å². The first kappa shape index (κ1) is 37.5. The summed E-state index contributed by atoms with van der Waals surface area (Å²) in [4.78, 5) is 65.4. The van der Waals surface area contributed by atoms with Crippen LogP contribution in [-0.4, -0.2) is 107 Å². The number of aromatic nitrogens is 1. The molecule has 2 saturated heterocycles. The SMILES string of the molecule is Cc1cc(C[C@@H](OC(=O)N2CCC(N3CCc4ccccc4NC3=O)CC2)C(=O)N2CCN(c3ccc(C(=O)OC4=CC=CCC4)cn3)CC2)cc(C)c1O. The van der Waals surface area contributed by atoms with Gasteiger partial charge in [-0.25, -0.2) is 19.4 Å². The maximum atomic E-state index is 14.1. The quantitative estimate of drug-likeness (QED) is 0.276. The molecule has 0 bridgehead atoms. The molecule has 0 saturated carbocycles. The topological polar surface area (TPSA) is 145 Å². The predicted molar refractivity (Wildman–Crippen MR) is 207 cm³/mol. The lowest BCUT2D eigenvalue weighted by atomic mass is 10.0. The van der Waals surface area contributed by atoms with Gasteiger partial charge in [-0.15, -0.1) is 0 Å². The van der Waals surface area contributed by atoms with E-state index in [1.165, 1.54) is 6.20 Å². The molecule has 3 aliphatic heterocycles. The van der Waals surface area contributed by atoms with Gasteiger partial charge in [-0.1, -0.05) is 42.5 Å². The van der Waals surface area contributed by atoms with Crippen molar-refractivity contribution in [3.05, 3.63) is 107 Å². The van der Waals surface area contributed by atoms with E-state index in [-0.39, 0.29) is 30.2 Å². The summed E-state index contributed by atoms with van der Waals surface area (Å²) in [6, 6.07) is 14.8. The number of hydrogen-bond acceptors (Lipinski definition) is 9. The molecule has 1 atom stereocenters. The van der Waals surface area contributed by atoms with Gasteiger partial charge in [0.2, 0.25) is 0 Å². The van der Waals surface area contributed by atoms with E-state index in [4.69, 9.17) is 9.47 Å². The fourth-order valence-corrected chi connectivity index (χ4v) is 7.75. The Morgan fingerprint density at radius 1 is 0.927 bits per heavy atom. The Bertz CT molecular complexity index is 1960. The number of aromatic hydroxyl groups is 1. The number of allylic oxidation sites excluding steroid dienone is 4. The van der Waals surface area contributed by atoms with E-state index in [0.29, 0.717) is 93.3 Å². The number of esters is 1. The number of nitrogens with one attached hydrogen (secondary N) is 1. The first-order valence-electron chi connectivity index (χ1n) is 19.1. The second kappa shape index (κ2) is 16.7. The number of phenolic OH excluding ortho intramolecular Hbond substituents is 1. The van der Waals surface area contributed by atoms with Crippen molar-refractivity contribution in [2.75, 3.05) is 56.0 Å². The van der Waals surface area contributed by atoms with Gasteiger partial charge in [0.15, 0.2) is 6.10 Å². The van der Waals surface area contributed by atoms with Crippen LogP contribution in [0.4, 0.5) is 21.1 Å². The van der Waals surface area contributed by atoms with Gasteiger partial charge in [0.1, 0.15) is 17.3 Å². The molecular formula is C42H48N6O7. The lowest BCUT2D eigenvalue weighted by Crippen LogP contribution is -2.54. The van der Waals surface area contributed by atoms with Gasteiger partial charge in [0.05, 0.1) is 5.56 Å². The Morgan fingerprint density at radius 3 is 2.36 bits per heavy atom. The lowest BCUT2D eigenvalue weighted by Gasteiger charge is -2.39. The molecule has 2 N–H and O–H groups in total. The van der Waals surface area contributed by atoms with Crippen molar-refractivity contribution in [3.8, 4) is 5.75 Å². The number of aryl methyl sites for hydroxylation is 2. The highest BCUT2D eigenvalue weighted by Crippen LogP contribution is 2.27. The smallest absolute Gasteiger partial charge is 0.410 e. The standard InChI is InChI=1S/C42H48N6O7/c1-28-24-30(25-29(2)38(28)49)26-36(55-42(53)47-17-15-33(16-18-47)48-19-14-31-8-6-7-11-35(31)44-41(48)52)39(50)46-22-20-45(21-23-46)37-13-12-32(27-43-37)40(51)54-34-9-4-3-5-10-34/h3-4,6-9,11-13,24-25,27,33,36,49H,5,10,14-23,26H2,1-2H3,(H,44,52)/t36-/m1/s1. The van der Waals surface area contributed by atoms with Crippen molar-refractivity contribution in [1.82, 2.24) is 19.7 Å². The van der Waals surface area contributed by atoms with Crippen LogP contribution in [0.3, 0.4) is 0 Å². The van der Waals surface area contributed by atoms with Crippen molar-refractivity contribution in [2.24, 2.45) is 0 Å². The Balaban J connectivity index is 0.968. The van der Waals surface area contributed by atoms with Crippen LogP contribution in [0.1, 0.15) is 58.3 Å². The Hall–Kier alpha value is -5.85. The summed E-state index contributed by atoms with van der Waals surface area (Å²) in [6.45, 7) is 6.78. The van der Waals surface area contributed by atoms with Crippen molar-refractivity contribution in [3.63, 3.8) is 0 Å². The summed E-state index contributed by atoms with van der Waals surface area (Å²) < 4.78 is 11.6. The number of benzene rings is 2. The monoisotopic (exact) mass is 748 g/mol. The number of phenols is 1. The summed E-state index contributed by atoms with van der Waals surface area (Å²) in [7, 11) is 0. The average Bonchev–Trinajstić information content (AvgIpc) is 3.38. The van der Waals surface area contributed by atoms with Gasteiger partial charge >= 0.3 is 18.1 Å². The third kappa shape index (κ3) is 8.77. The molecule has 13 heteroatoms. The van der Waals surface area contributed by atoms with Crippen molar-refractivity contribution >= 4 is 35.5 Å². The van der Waals surface area contributed by atoms with E-state index in [0.717, 1.165) is 29.7 Å². The number of fused-ring (bicyclic) bond motifs is 1.